The van der Waals surface area contributed by atoms with E-state index in [4.69, 9.17) is 5.11 Å². The number of hydrogen-bond donors (Lipinski definition) is 1. The first-order chi connectivity index (χ1) is 7.75. The van der Waals surface area contributed by atoms with E-state index in [9.17, 15) is 4.79 Å². The fourth-order valence-corrected chi connectivity index (χ4v) is 3.38. The average molecular weight is 258 g/mol. The molecule has 0 aromatic carbocycles. The molecule has 88 valence electrons. The van der Waals surface area contributed by atoms with Gasteiger partial charge in [0.15, 0.2) is 5.13 Å². The molecule has 0 aliphatic carbocycles. The zero-order valence-corrected chi connectivity index (χ0v) is 10.5. The minimum Gasteiger partial charge on any atom is -0.481 e. The molecule has 1 aromatic heterocycles. The summed E-state index contributed by atoms with van der Waals surface area (Å²) in [6, 6.07) is 0. The van der Waals surface area contributed by atoms with Crippen LogP contribution in [0.25, 0.3) is 0 Å². The summed E-state index contributed by atoms with van der Waals surface area (Å²) >= 11 is 3.52. The van der Waals surface area contributed by atoms with Crippen molar-refractivity contribution in [3.63, 3.8) is 0 Å². The molecule has 0 unspecified atom stereocenters. The number of carbonyl (C=O) groups is 1. The Morgan fingerprint density at radius 2 is 2.38 bits per heavy atom. The van der Waals surface area contributed by atoms with Gasteiger partial charge in [-0.15, -0.1) is 11.3 Å². The number of nitrogens with zero attached hydrogens (tertiary/aromatic N) is 2. The minimum absolute atomic E-state index is 0.0269. The lowest BCUT2D eigenvalue weighted by Crippen LogP contribution is -2.25. The van der Waals surface area contributed by atoms with Gasteiger partial charge in [-0.2, -0.15) is 11.8 Å². The van der Waals surface area contributed by atoms with Crippen molar-refractivity contribution in [2.45, 2.75) is 12.8 Å². The quantitative estimate of drug-likeness (QED) is 0.894. The predicted molar refractivity (Wildman–Crippen MR) is 67.6 cm³/mol. The van der Waals surface area contributed by atoms with E-state index >= 15 is 0 Å². The number of carboxylic acid groups (broad SMARTS) is 1. The summed E-state index contributed by atoms with van der Waals surface area (Å²) in [7, 11) is 0. The Kier molecular flexibility index (Phi) is 4.06. The van der Waals surface area contributed by atoms with E-state index in [0.717, 1.165) is 24.0 Å². The van der Waals surface area contributed by atoms with Gasteiger partial charge in [-0.3, -0.25) is 4.79 Å². The summed E-state index contributed by atoms with van der Waals surface area (Å²) in [5.74, 6) is 1.53. The van der Waals surface area contributed by atoms with Crippen LogP contribution in [0.4, 0.5) is 5.13 Å². The summed E-state index contributed by atoms with van der Waals surface area (Å²) in [5, 5.41) is 11.5. The van der Waals surface area contributed by atoms with Crippen molar-refractivity contribution in [1.82, 2.24) is 4.98 Å². The van der Waals surface area contributed by atoms with Crippen molar-refractivity contribution in [2.75, 3.05) is 29.5 Å². The molecule has 2 heterocycles. The van der Waals surface area contributed by atoms with Gasteiger partial charge in [0.1, 0.15) is 0 Å². The molecule has 0 radical (unpaired) electrons. The van der Waals surface area contributed by atoms with Crippen molar-refractivity contribution in [3.05, 3.63) is 11.1 Å². The van der Waals surface area contributed by atoms with Crippen LogP contribution in [0.2, 0.25) is 0 Å². The van der Waals surface area contributed by atoms with Crippen LogP contribution in [-0.4, -0.2) is 40.7 Å². The fourth-order valence-electron chi connectivity index (χ4n) is 1.62. The molecule has 0 bridgehead atoms. The highest BCUT2D eigenvalue weighted by Crippen LogP contribution is 2.23. The second-order valence-electron chi connectivity index (χ2n) is 3.64. The minimum atomic E-state index is -0.816. The molecule has 1 fully saturated rings. The second-order valence-corrected chi connectivity index (χ2v) is 5.71. The van der Waals surface area contributed by atoms with Gasteiger partial charge in [-0.25, -0.2) is 4.98 Å². The molecular formula is C10H14N2O2S2. The van der Waals surface area contributed by atoms with Crippen molar-refractivity contribution in [2.24, 2.45) is 0 Å². The molecule has 0 atom stereocenters. The van der Waals surface area contributed by atoms with Crippen LogP contribution < -0.4 is 4.90 Å². The maximum Gasteiger partial charge on any atom is 0.309 e. The number of hydrogen-bond acceptors (Lipinski definition) is 5. The van der Waals surface area contributed by atoms with Crippen molar-refractivity contribution >= 4 is 34.2 Å². The molecule has 1 aliphatic rings. The molecule has 0 saturated carbocycles. The summed E-state index contributed by atoms with van der Waals surface area (Å²) < 4.78 is 0. The Morgan fingerprint density at radius 1 is 1.50 bits per heavy atom. The van der Waals surface area contributed by atoms with Gasteiger partial charge in [0.25, 0.3) is 0 Å². The molecule has 1 N–H and O–H groups in total. The largest absolute Gasteiger partial charge is 0.481 e. The fraction of sp³-hybridized carbons (Fsp3) is 0.600. The molecule has 1 aromatic rings. The summed E-state index contributed by atoms with van der Waals surface area (Å²) in [5.41, 5.74) is 0.671. The number of aromatic nitrogens is 1. The molecule has 0 spiro atoms. The zero-order valence-electron chi connectivity index (χ0n) is 8.89. The summed E-state index contributed by atoms with van der Waals surface area (Å²) in [6.45, 7) is 2.05. The van der Waals surface area contributed by atoms with E-state index in [1.807, 2.05) is 17.1 Å². The Labute approximate surface area is 103 Å². The van der Waals surface area contributed by atoms with Crippen molar-refractivity contribution in [1.29, 1.82) is 0 Å². The maximum absolute atomic E-state index is 10.6. The third kappa shape index (κ3) is 3.12. The van der Waals surface area contributed by atoms with Gasteiger partial charge in [-0.1, -0.05) is 0 Å². The lowest BCUT2D eigenvalue weighted by atomic mass is 10.3. The average Bonchev–Trinajstić information content (AvgIpc) is 2.53. The highest BCUT2D eigenvalue weighted by atomic mass is 32.2. The topological polar surface area (TPSA) is 53.4 Å². The number of carboxylic acids is 1. The van der Waals surface area contributed by atoms with Gasteiger partial charge >= 0.3 is 5.97 Å². The third-order valence-electron chi connectivity index (χ3n) is 2.36. The predicted octanol–water partition coefficient (Wildman–Crippen LogP) is 1.71. The lowest BCUT2D eigenvalue weighted by Gasteiger charge is -2.18. The van der Waals surface area contributed by atoms with Crippen LogP contribution in [0.5, 0.6) is 0 Å². The van der Waals surface area contributed by atoms with E-state index in [1.165, 1.54) is 12.2 Å². The number of anilines is 1. The Morgan fingerprint density at radius 3 is 3.19 bits per heavy atom. The Hall–Kier alpha value is -0.750. The van der Waals surface area contributed by atoms with Crippen molar-refractivity contribution < 1.29 is 9.90 Å². The molecular weight excluding hydrogens is 244 g/mol. The smallest absolute Gasteiger partial charge is 0.309 e. The maximum atomic E-state index is 10.6. The molecule has 2 rings (SSSR count). The van der Waals surface area contributed by atoms with E-state index in [0.29, 0.717) is 5.69 Å². The molecule has 1 aliphatic heterocycles. The van der Waals surface area contributed by atoms with Crippen LogP contribution in [-0.2, 0) is 11.2 Å². The van der Waals surface area contributed by atoms with Crippen LogP contribution in [0.1, 0.15) is 12.1 Å². The first-order valence-corrected chi connectivity index (χ1v) is 7.28. The van der Waals surface area contributed by atoms with Gasteiger partial charge in [0.2, 0.25) is 0 Å². The zero-order chi connectivity index (χ0) is 11.4. The number of thioether (sulfide) groups is 1. The third-order valence-corrected chi connectivity index (χ3v) is 4.36. The Bertz CT molecular complexity index is 359. The molecule has 16 heavy (non-hydrogen) atoms. The normalized spacial score (nSPS) is 17.1. The highest BCUT2D eigenvalue weighted by molar-refractivity contribution is 7.99. The first-order valence-electron chi connectivity index (χ1n) is 5.24. The highest BCUT2D eigenvalue weighted by Gasteiger charge is 2.14. The summed E-state index contributed by atoms with van der Waals surface area (Å²) in [6.07, 6.45) is 1.21. The van der Waals surface area contributed by atoms with Gasteiger partial charge in [0.05, 0.1) is 12.1 Å². The number of aliphatic carboxylic acids is 1. The molecule has 4 nitrogen and oxygen atoms in total. The van der Waals surface area contributed by atoms with E-state index < -0.39 is 5.97 Å². The number of rotatable bonds is 3. The van der Waals surface area contributed by atoms with Gasteiger partial charge in [-0.05, 0) is 12.2 Å². The summed E-state index contributed by atoms with van der Waals surface area (Å²) in [4.78, 5) is 17.2. The molecule has 6 heteroatoms. The van der Waals surface area contributed by atoms with Crippen LogP contribution in [0.3, 0.4) is 0 Å². The van der Waals surface area contributed by atoms with Crippen molar-refractivity contribution in [3.8, 4) is 0 Å². The van der Waals surface area contributed by atoms with Gasteiger partial charge < -0.3 is 10.0 Å². The van der Waals surface area contributed by atoms with Crippen LogP contribution in [0.15, 0.2) is 5.38 Å². The van der Waals surface area contributed by atoms with Gasteiger partial charge in [0, 0.05) is 24.2 Å². The van der Waals surface area contributed by atoms with E-state index in [1.54, 1.807) is 11.3 Å². The standard InChI is InChI=1S/C10H14N2O2S2/c13-9(14)6-8-7-16-10(11-8)12-2-1-4-15-5-3-12/h7H,1-6H2,(H,13,14). The lowest BCUT2D eigenvalue weighted by molar-refractivity contribution is -0.136. The van der Waals surface area contributed by atoms with E-state index in [2.05, 4.69) is 9.88 Å². The van der Waals surface area contributed by atoms with Crippen LogP contribution in [0, 0.1) is 0 Å². The second kappa shape index (κ2) is 5.54. The molecule has 0 amide bonds. The Balaban J connectivity index is 2.02. The first kappa shape index (κ1) is 11.7. The molecule has 1 saturated heterocycles. The number of thiazole rings is 1. The monoisotopic (exact) mass is 258 g/mol. The SMILES string of the molecule is O=C(O)Cc1csc(N2CCCSCC2)n1. The van der Waals surface area contributed by atoms with Crippen LogP contribution >= 0.6 is 23.1 Å². The van der Waals surface area contributed by atoms with E-state index in [-0.39, 0.29) is 6.42 Å².